The normalized spacial score (nSPS) is 23.6. The molecular formula is C14H19N3OS. The van der Waals surface area contributed by atoms with Crippen LogP contribution in [0.5, 0.6) is 0 Å². The number of aliphatic hydroxyl groups is 1. The molecule has 1 fully saturated rings. The summed E-state index contributed by atoms with van der Waals surface area (Å²) in [7, 11) is 0. The van der Waals surface area contributed by atoms with Gasteiger partial charge >= 0.3 is 0 Å². The lowest BCUT2D eigenvalue weighted by molar-refractivity contribution is 0.178. The first-order valence-electron chi connectivity index (χ1n) is 6.80. The molecule has 4 nitrogen and oxygen atoms in total. The Hall–Kier alpha value is -1.33. The topological polar surface area (TPSA) is 71.2 Å². The second kappa shape index (κ2) is 5.35. The van der Waals surface area contributed by atoms with E-state index >= 15 is 0 Å². The number of thiazole rings is 1. The van der Waals surface area contributed by atoms with Crippen LogP contribution in [0, 0.1) is 5.92 Å². The Morgan fingerprint density at radius 1 is 1.37 bits per heavy atom. The lowest BCUT2D eigenvalue weighted by Crippen LogP contribution is -2.34. The molecule has 0 amide bonds. The quantitative estimate of drug-likeness (QED) is 0.754. The van der Waals surface area contributed by atoms with Crippen molar-refractivity contribution in [3.63, 3.8) is 0 Å². The van der Waals surface area contributed by atoms with Crippen molar-refractivity contribution in [3.8, 4) is 0 Å². The monoisotopic (exact) mass is 277 g/mol. The molecule has 1 aliphatic rings. The van der Waals surface area contributed by atoms with Crippen LogP contribution < -0.4 is 11.1 Å². The molecule has 102 valence electrons. The minimum absolute atomic E-state index is 0.259. The van der Waals surface area contributed by atoms with Gasteiger partial charge in [-0.25, -0.2) is 4.98 Å². The number of benzene rings is 1. The van der Waals surface area contributed by atoms with Crippen LogP contribution in [0.2, 0.25) is 0 Å². The fraction of sp³-hybridized carbons (Fsp3) is 0.500. The Balaban J connectivity index is 1.80. The van der Waals surface area contributed by atoms with Crippen molar-refractivity contribution >= 4 is 32.4 Å². The first kappa shape index (κ1) is 12.7. The van der Waals surface area contributed by atoms with Crippen molar-refractivity contribution in [2.24, 2.45) is 5.92 Å². The molecule has 2 atom stereocenters. The Morgan fingerprint density at radius 3 is 3.05 bits per heavy atom. The van der Waals surface area contributed by atoms with Gasteiger partial charge in [0.05, 0.1) is 10.2 Å². The van der Waals surface area contributed by atoms with Crippen LogP contribution in [0.3, 0.4) is 0 Å². The molecule has 4 N–H and O–H groups in total. The zero-order valence-corrected chi connectivity index (χ0v) is 11.6. The van der Waals surface area contributed by atoms with E-state index in [0.29, 0.717) is 12.0 Å². The lowest BCUT2D eigenvalue weighted by atomic mass is 9.85. The maximum atomic E-state index is 9.44. The number of anilines is 2. The summed E-state index contributed by atoms with van der Waals surface area (Å²) in [5.74, 6) is 0.353. The number of aliphatic hydroxyl groups excluding tert-OH is 1. The molecule has 2 unspecified atom stereocenters. The third-order valence-corrected chi connectivity index (χ3v) is 4.81. The molecule has 0 spiro atoms. The number of hydrogen-bond donors (Lipinski definition) is 3. The summed E-state index contributed by atoms with van der Waals surface area (Å²) in [6.07, 6.45) is 4.67. The molecule has 1 aliphatic carbocycles. The summed E-state index contributed by atoms with van der Waals surface area (Å²) < 4.78 is 1.11. The van der Waals surface area contributed by atoms with Crippen LogP contribution in [0.1, 0.15) is 25.7 Å². The average Bonchev–Trinajstić information content (AvgIpc) is 2.80. The van der Waals surface area contributed by atoms with Crippen LogP contribution in [-0.4, -0.2) is 22.7 Å². The number of fused-ring (bicyclic) bond motifs is 1. The largest absolute Gasteiger partial charge is 0.399 e. The molecular weight excluding hydrogens is 258 g/mol. The SMILES string of the molecule is Nc1ccc2nc(NC3CCCCC3CO)sc2c1. The van der Waals surface area contributed by atoms with Crippen molar-refractivity contribution in [3.05, 3.63) is 18.2 Å². The van der Waals surface area contributed by atoms with E-state index in [9.17, 15) is 5.11 Å². The molecule has 1 aromatic carbocycles. The zero-order chi connectivity index (χ0) is 13.2. The third kappa shape index (κ3) is 2.67. The molecule has 5 heteroatoms. The number of hydrogen-bond acceptors (Lipinski definition) is 5. The standard InChI is InChI=1S/C14H19N3OS/c15-10-5-6-12-13(7-10)19-14(17-12)16-11-4-2-1-3-9(11)8-18/h5-7,9,11,18H,1-4,8,15H2,(H,16,17). The molecule has 3 rings (SSSR count). The van der Waals surface area contributed by atoms with E-state index in [1.807, 2.05) is 18.2 Å². The van der Waals surface area contributed by atoms with Crippen LogP contribution in [0.4, 0.5) is 10.8 Å². The third-order valence-electron chi connectivity index (χ3n) is 3.86. The summed E-state index contributed by atoms with van der Waals surface area (Å²) in [6, 6.07) is 6.14. The molecule has 0 aliphatic heterocycles. The van der Waals surface area contributed by atoms with Crippen molar-refractivity contribution in [2.75, 3.05) is 17.7 Å². The van der Waals surface area contributed by atoms with Crippen LogP contribution in [-0.2, 0) is 0 Å². The van der Waals surface area contributed by atoms with Crippen LogP contribution in [0.25, 0.3) is 10.2 Å². The van der Waals surface area contributed by atoms with E-state index in [4.69, 9.17) is 5.73 Å². The Bertz CT molecular complexity index is 569. The van der Waals surface area contributed by atoms with Gasteiger partial charge in [-0.05, 0) is 31.0 Å². The molecule has 1 saturated carbocycles. The molecule has 0 radical (unpaired) electrons. The van der Waals surface area contributed by atoms with E-state index in [1.165, 1.54) is 12.8 Å². The van der Waals surface area contributed by atoms with E-state index in [-0.39, 0.29) is 6.61 Å². The minimum Gasteiger partial charge on any atom is -0.399 e. The van der Waals surface area contributed by atoms with Gasteiger partial charge < -0.3 is 16.2 Å². The van der Waals surface area contributed by atoms with Gasteiger partial charge in [0.2, 0.25) is 0 Å². The number of nitrogens with one attached hydrogen (secondary N) is 1. The van der Waals surface area contributed by atoms with Crippen molar-refractivity contribution in [1.82, 2.24) is 4.98 Å². The second-order valence-electron chi connectivity index (χ2n) is 5.22. The molecule has 0 saturated heterocycles. The predicted molar refractivity (Wildman–Crippen MR) is 80.5 cm³/mol. The summed E-state index contributed by atoms with van der Waals surface area (Å²) in [4.78, 5) is 4.59. The van der Waals surface area contributed by atoms with Crippen molar-refractivity contribution in [1.29, 1.82) is 0 Å². The smallest absolute Gasteiger partial charge is 0.184 e. The second-order valence-corrected chi connectivity index (χ2v) is 6.25. The predicted octanol–water partition coefficient (Wildman–Crippen LogP) is 2.84. The molecule has 2 aromatic rings. The van der Waals surface area contributed by atoms with E-state index in [2.05, 4.69) is 10.3 Å². The summed E-state index contributed by atoms with van der Waals surface area (Å²) in [6.45, 7) is 0.259. The molecule has 1 heterocycles. The van der Waals surface area contributed by atoms with Crippen molar-refractivity contribution < 1.29 is 5.11 Å². The summed E-state index contributed by atoms with van der Waals surface area (Å²) in [5, 5.41) is 13.9. The van der Waals surface area contributed by atoms with E-state index < -0.39 is 0 Å². The number of nitrogens with zero attached hydrogens (tertiary/aromatic N) is 1. The highest BCUT2D eigenvalue weighted by Gasteiger charge is 2.25. The van der Waals surface area contributed by atoms with Gasteiger partial charge in [-0.3, -0.25) is 0 Å². The molecule has 19 heavy (non-hydrogen) atoms. The van der Waals surface area contributed by atoms with Gasteiger partial charge in [-0.15, -0.1) is 0 Å². The Kier molecular flexibility index (Phi) is 3.57. The number of rotatable bonds is 3. The van der Waals surface area contributed by atoms with Crippen LogP contribution >= 0.6 is 11.3 Å². The van der Waals surface area contributed by atoms with Gasteiger partial charge in [-0.2, -0.15) is 0 Å². The maximum absolute atomic E-state index is 9.44. The summed E-state index contributed by atoms with van der Waals surface area (Å²) >= 11 is 1.63. The highest BCUT2D eigenvalue weighted by atomic mass is 32.1. The van der Waals surface area contributed by atoms with E-state index in [1.54, 1.807) is 11.3 Å². The maximum Gasteiger partial charge on any atom is 0.184 e. The Labute approximate surface area is 116 Å². The lowest BCUT2D eigenvalue weighted by Gasteiger charge is -2.30. The summed E-state index contributed by atoms with van der Waals surface area (Å²) in [5.41, 5.74) is 7.54. The molecule has 1 aromatic heterocycles. The van der Waals surface area contributed by atoms with Gasteiger partial charge in [0, 0.05) is 24.3 Å². The number of aromatic nitrogens is 1. The fourth-order valence-electron chi connectivity index (χ4n) is 2.78. The zero-order valence-electron chi connectivity index (χ0n) is 10.8. The Morgan fingerprint density at radius 2 is 2.21 bits per heavy atom. The molecule has 0 bridgehead atoms. The van der Waals surface area contributed by atoms with Gasteiger partial charge in [0.25, 0.3) is 0 Å². The van der Waals surface area contributed by atoms with Crippen molar-refractivity contribution in [2.45, 2.75) is 31.7 Å². The highest BCUT2D eigenvalue weighted by Crippen LogP contribution is 2.31. The number of nitrogens with two attached hydrogens (primary N) is 1. The van der Waals surface area contributed by atoms with E-state index in [0.717, 1.165) is 33.9 Å². The van der Waals surface area contributed by atoms with Crippen LogP contribution in [0.15, 0.2) is 18.2 Å². The van der Waals surface area contributed by atoms with Gasteiger partial charge in [-0.1, -0.05) is 24.2 Å². The van der Waals surface area contributed by atoms with Gasteiger partial charge in [0.15, 0.2) is 5.13 Å². The minimum atomic E-state index is 0.259. The fourth-order valence-corrected chi connectivity index (χ4v) is 3.75. The van der Waals surface area contributed by atoms with Gasteiger partial charge in [0.1, 0.15) is 0 Å². The highest BCUT2D eigenvalue weighted by molar-refractivity contribution is 7.22. The first-order valence-corrected chi connectivity index (χ1v) is 7.61. The average molecular weight is 277 g/mol. The first-order chi connectivity index (χ1) is 9.26. The number of nitrogen functional groups attached to an aromatic ring is 1.